The first kappa shape index (κ1) is 18.6. The number of aromatic nitrogens is 5. The summed E-state index contributed by atoms with van der Waals surface area (Å²) in [5, 5.41) is 3.23. The number of fused-ring (bicyclic) bond motifs is 1. The van der Waals surface area contributed by atoms with Gasteiger partial charge < -0.3 is 16.0 Å². The zero-order chi connectivity index (χ0) is 20.5. The molecule has 2 aromatic carbocycles. The number of benzene rings is 2. The molecule has 0 aliphatic heterocycles. The second-order valence-corrected chi connectivity index (χ2v) is 6.85. The van der Waals surface area contributed by atoms with Gasteiger partial charge in [-0.2, -0.15) is 15.0 Å². The van der Waals surface area contributed by atoms with E-state index in [0.29, 0.717) is 28.8 Å². The minimum atomic E-state index is -0.317. The van der Waals surface area contributed by atoms with E-state index in [-0.39, 0.29) is 17.8 Å². The highest BCUT2D eigenvalue weighted by atomic mass is 19.1. The van der Waals surface area contributed by atoms with Crippen molar-refractivity contribution < 1.29 is 4.39 Å². The van der Waals surface area contributed by atoms with Gasteiger partial charge in [0.1, 0.15) is 11.6 Å². The number of nitrogens with two attached hydrogens (primary N) is 1. The lowest BCUT2D eigenvalue weighted by atomic mass is 10.2. The number of halogens is 1. The Morgan fingerprint density at radius 3 is 2.52 bits per heavy atom. The first-order valence-electron chi connectivity index (χ1n) is 9.11. The van der Waals surface area contributed by atoms with Crippen LogP contribution in [0.15, 0.2) is 48.5 Å². The Kier molecular flexibility index (Phi) is 4.71. The second-order valence-electron chi connectivity index (χ2n) is 6.85. The summed E-state index contributed by atoms with van der Waals surface area (Å²) in [6.07, 6.45) is 0. The zero-order valence-corrected chi connectivity index (χ0v) is 16.3. The summed E-state index contributed by atoms with van der Waals surface area (Å²) >= 11 is 0. The number of anilines is 3. The van der Waals surface area contributed by atoms with Crippen LogP contribution in [0, 0.1) is 5.82 Å². The molecule has 0 aliphatic rings. The third-order valence-electron chi connectivity index (χ3n) is 4.43. The summed E-state index contributed by atoms with van der Waals surface area (Å²) in [5.74, 6) is 1.29. The molecule has 1 atom stereocenters. The first-order chi connectivity index (χ1) is 13.9. The highest BCUT2D eigenvalue weighted by Crippen LogP contribution is 2.27. The number of hydrogen-bond acceptors (Lipinski definition) is 7. The van der Waals surface area contributed by atoms with Crippen LogP contribution in [-0.4, -0.2) is 38.6 Å². The summed E-state index contributed by atoms with van der Waals surface area (Å²) in [7, 11) is 3.65. The normalized spacial score (nSPS) is 12.1. The summed E-state index contributed by atoms with van der Waals surface area (Å²) in [6.45, 7) is 1.94. The van der Waals surface area contributed by atoms with E-state index in [1.807, 2.05) is 55.9 Å². The topological polar surface area (TPSA) is 97.8 Å². The maximum Gasteiger partial charge on any atom is 0.231 e. The molecule has 4 rings (SSSR count). The molecule has 29 heavy (non-hydrogen) atoms. The Bertz CT molecular complexity index is 1160. The van der Waals surface area contributed by atoms with Crippen molar-refractivity contribution in [3.05, 3.63) is 60.2 Å². The highest BCUT2D eigenvalue weighted by Gasteiger charge is 2.20. The molecule has 8 nitrogen and oxygen atoms in total. The molecule has 0 spiro atoms. The maximum absolute atomic E-state index is 14.0. The van der Waals surface area contributed by atoms with Gasteiger partial charge in [0.2, 0.25) is 17.8 Å². The fraction of sp³-hybridized carbons (Fsp3) is 0.200. The molecule has 1 unspecified atom stereocenters. The van der Waals surface area contributed by atoms with Crippen molar-refractivity contribution in [2.75, 3.05) is 30.0 Å². The molecule has 3 N–H and O–H groups in total. The van der Waals surface area contributed by atoms with Gasteiger partial charge in [-0.15, -0.1) is 0 Å². The number of nitrogens with zero attached hydrogens (tertiary/aromatic N) is 6. The lowest BCUT2D eigenvalue weighted by Crippen LogP contribution is -2.19. The van der Waals surface area contributed by atoms with Gasteiger partial charge in [-0.1, -0.05) is 18.2 Å². The van der Waals surface area contributed by atoms with E-state index in [0.717, 1.165) is 5.69 Å². The van der Waals surface area contributed by atoms with Crippen LogP contribution in [0.4, 0.5) is 22.2 Å². The molecule has 2 aromatic heterocycles. The van der Waals surface area contributed by atoms with Crippen molar-refractivity contribution in [3.8, 4) is 5.69 Å². The van der Waals surface area contributed by atoms with Gasteiger partial charge in [-0.05, 0) is 31.2 Å². The Balaban J connectivity index is 1.79. The van der Waals surface area contributed by atoms with Gasteiger partial charge >= 0.3 is 0 Å². The van der Waals surface area contributed by atoms with Crippen LogP contribution in [0.2, 0.25) is 0 Å². The van der Waals surface area contributed by atoms with Crippen molar-refractivity contribution in [2.24, 2.45) is 0 Å². The molecule has 4 aromatic rings. The average molecular weight is 392 g/mol. The quantitative estimate of drug-likeness (QED) is 0.538. The highest BCUT2D eigenvalue weighted by molar-refractivity contribution is 5.78. The second kappa shape index (κ2) is 7.34. The Hall–Kier alpha value is -3.75. The van der Waals surface area contributed by atoms with E-state index in [4.69, 9.17) is 10.7 Å². The largest absolute Gasteiger partial charge is 0.368 e. The van der Waals surface area contributed by atoms with Crippen molar-refractivity contribution in [3.63, 3.8) is 0 Å². The third-order valence-corrected chi connectivity index (χ3v) is 4.43. The molecule has 0 fully saturated rings. The Morgan fingerprint density at radius 1 is 1.03 bits per heavy atom. The Morgan fingerprint density at radius 2 is 1.79 bits per heavy atom. The maximum atomic E-state index is 14.0. The van der Waals surface area contributed by atoms with E-state index in [1.165, 1.54) is 12.1 Å². The molecule has 0 amide bonds. The van der Waals surface area contributed by atoms with E-state index in [2.05, 4.69) is 20.3 Å². The van der Waals surface area contributed by atoms with E-state index in [9.17, 15) is 4.39 Å². The van der Waals surface area contributed by atoms with Crippen LogP contribution in [0.25, 0.3) is 16.7 Å². The van der Waals surface area contributed by atoms with Crippen molar-refractivity contribution in [1.82, 2.24) is 24.5 Å². The third kappa shape index (κ3) is 3.66. The predicted octanol–water partition coefficient (Wildman–Crippen LogP) is 3.17. The van der Waals surface area contributed by atoms with Crippen molar-refractivity contribution in [2.45, 2.75) is 13.0 Å². The van der Waals surface area contributed by atoms with Crippen LogP contribution in [0.3, 0.4) is 0 Å². The van der Waals surface area contributed by atoms with E-state index < -0.39 is 0 Å². The van der Waals surface area contributed by atoms with E-state index in [1.54, 1.807) is 11.0 Å². The lowest BCUT2D eigenvalue weighted by Gasteiger charge is -2.17. The van der Waals surface area contributed by atoms with Crippen LogP contribution in [0.1, 0.15) is 18.8 Å². The average Bonchev–Trinajstić information content (AvgIpc) is 3.07. The SMILES string of the molecule is CC(Nc1nc(N)nc(N(C)C)n1)c1nc2ccc(F)cc2n1-c1ccccc1. The van der Waals surface area contributed by atoms with Gasteiger partial charge in [0, 0.05) is 25.8 Å². The standard InChI is InChI=1S/C20H21FN8/c1-12(23-19-25-18(22)26-20(27-19)28(2)3)17-24-15-10-9-13(21)11-16(15)29(17)14-7-5-4-6-8-14/h4-12H,1-3H3,(H3,22,23,25,26,27). The van der Waals surface area contributed by atoms with Crippen LogP contribution in [0.5, 0.6) is 0 Å². The smallest absolute Gasteiger partial charge is 0.231 e. The van der Waals surface area contributed by atoms with E-state index >= 15 is 0 Å². The fourth-order valence-electron chi connectivity index (χ4n) is 3.11. The molecule has 2 heterocycles. The van der Waals surface area contributed by atoms with Gasteiger partial charge in [-0.3, -0.25) is 4.57 Å². The van der Waals surface area contributed by atoms with Crippen LogP contribution >= 0.6 is 0 Å². The monoisotopic (exact) mass is 392 g/mol. The summed E-state index contributed by atoms with van der Waals surface area (Å²) < 4.78 is 15.9. The number of rotatable bonds is 5. The number of imidazole rings is 1. The minimum Gasteiger partial charge on any atom is -0.368 e. The van der Waals surface area contributed by atoms with Gasteiger partial charge in [0.15, 0.2) is 0 Å². The molecule has 0 saturated carbocycles. The van der Waals surface area contributed by atoms with Gasteiger partial charge in [-0.25, -0.2) is 9.37 Å². The fourth-order valence-corrected chi connectivity index (χ4v) is 3.11. The van der Waals surface area contributed by atoms with Crippen molar-refractivity contribution >= 4 is 28.9 Å². The molecular weight excluding hydrogens is 371 g/mol. The van der Waals surface area contributed by atoms with Crippen LogP contribution < -0.4 is 16.0 Å². The lowest BCUT2D eigenvalue weighted by molar-refractivity contribution is 0.629. The molecule has 0 saturated heterocycles. The zero-order valence-electron chi connectivity index (χ0n) is 16.3. The molecule has 0 aliphatic carbocycles. The summed E-state index contributed by atoms with van der Waals surface area (Å²) in [5.41, 5.74) is 8.08. The molecule has 0 radical (unpaired) electrons. The molecular formula is C20H21FN8. The predicted molar refractivity (Wildman–Crippen MR) is 112 cm³/mol. The molecule has 148 valence electrons. The number of para-hydroxylation sites is 1. The number of nitrogens with one attached hydrogen (secondary N) is 1. The minimum absolute atomic E-state index is 0.122. The van der Waals surface area contributed by atoms with Gasteiger partial charge in [0.25, 0.3) is 0 Å². The number of nitrogen functional groups attached to an aromatic ring is 1. The molecule has 9 heteroatoms. The molecule has 0 bridgehead atoms. The summed E-state index contributed by atoms with van der Waals surface area (Å²) in [4.78, 5) is 19.1. The van der Waals surface area contributed by atoms with Gasteiger partial charge in [0.05, 0.1) is 17.1 Å². The summed E-state index contributed by atoms with van der Waals surface area (Å²) in [6, 6.07) is 14.0. The van der Waals surface area contributed by atoms with Crippen molar-refractivity contribution in [1.29, 1.82) is 0 Å². The Labute approximate surface area is 167 Å². The van der Waals surface area contributed by atoms with Crippen LogP contribution in [-0.2, 0) is 0 Å². The number of hydrogen-bond donors (Lipinski definition) is 2. The first-order valence-corrected chi connectivity index (χ1v) is 9.11.